The van der Waals surface area contributed by atoms with Crippen LogP contribution < -0.4 is 0 Å². The van der Waals surface area contributed by atoms with Crippen molar-refractivity contribution in [2.24, 2.45) is 0 Å². The molecule has 6 nitrogen and oxygen atoms in total. The van der Waals surface area contributed by atoms with Crippen LogP contribution in [0.3, 0.4) is 0 Å². The van der Waals surface area contributed by atoms with E-state index >= 15 is 0 Å². The molecule has 0 fully saturated rings. The zero-order valence-electron chi connectivity index (χ0n) is 20.2. The lowest BCUT2D eigenvalue weighted by molar-refractivity contribution is -0.405. The van der Waals surface area contributed by atoms with Gasteiger partial charge in [-0.05, 0) is 80.4 Å². The van der Waals surface area contributed by atoms with Crippen LogP contribution in [0.2, 0.25) is 0 Å². The number of carbonyl (C=O) groups is 2. The summed E-state index contributed by atoms with van der Waals surface area (Å²) in [6.45, 7) is 18.0. The second-order valence-corrected chi connectivity index (χ2v) is 10.2. The summed E-state index contributed by atoms with van der Waals surface area (Å²) in [5.41, 5.74) is -1.00. The first kappa shape index (κ1) is 26.4. The predicted octanol–water partition coefficient (Wildman–Crippen LogP) is 5.57. The number of hydrogen-bond acceptors (Lipinski definition) is 6. The molecule has 0 bridgehead atoms. The summed E-state index contributed by atoms with van der Waals surface area (Å²) < 4.78 is 0. The smallest absolute Gasteiger partial charge is 0.132 e. The Kier molecular flexibility index (Phi) is 8.54. The maximum Gasteiger partial charge on any atom is 0.132 e. The number of ketones is 2. The molecule has 0 radical (unpaired) electrons. The van der Waals surface area contributed by atoms with Crippen molar-refractivity contribution in [1.29, 1.82) is 0 Å². The van der Waals surface area contributed by atoms with Gasteiger partial charge in [-0.1, -0.05) is 24.3 Å². The summed E-state index contributed by atoms with van der Waals surface area (Å²) in [4.78, 5) is 45.3. The van der Waals surface area contributed by atoms with Crippen LogP contribution in [-0.4, -0.2) is 22.8 Å². The first-order valence-electron chi connectivity index (χ1n) is 10.3. The van der Waals surface area contributed by atoms with Crippen LogP contribution in [0, 0.1) is 0 Å². The molecule has 0 heterocycles. The van der Waals surface area contributed by atoms with Crippen LogP contribution >= 0.6 is 0 Å². The lowest BCUT2D eigenvalue weighted by Crippen LogP contribution is -2.33. The molecule has 30 heavy (non-hydrogen) atoms. The maximum atomic E-state index is 11.4. The highest BCUT2D eigenvalue weighted by molar-refractivity contribution is 5.76. The van der Waals surface area contributed by atoms with Crippen LogP contribution in [0.15, 0.2) is 24.3 Å². The van der Waals surface area contributed by atoms with Gasteiger partial charge in [0.1, 0.15) is 34.0 Å². The van der Waals surface area contributed by atoms with Crippen molar-refractivity contribution in [2.75, 3.05) is 0 Å². The SMILES string of the molecule is CC(=O)CC(C)(C)OOC(C)(C)c1ccc(C(C)(C)OOC(C)(C)CC(C)=O)cc1. The highest BCUT2D eigenvalue weighted by Gasteiger charge is 2.32. The molecule has 6 heteroatoms. The summed E-state index contributed by atoms with van der Waals surface area (Å²) in [5, 5.41) is 0. The zero-order chi connectivity index (χ0) is 23.4. The second kappa shape index (κ2) is 9.69. The topological polar surface area (TPSA) is 71.1 Å². The third-order valence-corrected chi connectivity index (χ3v) is 4.58. The molecule has 0 spiro atoms. The number of Topliss-reactive ketones (excluding diaryl/α,β-unsaturated/α-hetero) is 2. The van der Waals surface area contributed by atoms with Crippen molar-refractivity contribution in [1.82, 2.24) is 0 Å². The standard InChI is InChI=1S/C24H38O6/c1-17(25)15-21(3,4)27-29-23(7,8)19-11-13-20(14-12-19)24(9,10)30-28-22(5,6)16-18(2)26/h11-14H,15-16H2,1-10H3. The van der Waals surface area contributed by atoms with Gasteiger partial charge in [-0.3, -0.25) is 9.59 Å². The van der Waals surface area contributed by atoms with E-state index in [4.69, 9.17) is 19.6 Å². The second-order valence-electron chi connectivity index (χ2n) is 10.2. The molecular weight excluding hydrogens is 384 g/mol. The fourth-order valence-electron chi connectivity index (χ4n) is 3.06. The van der Waals surface area contributed by atoms with E-state index in [1.54, 1.807) is 0 Å². The average molecular weight is 423 g/mol. The van der Waals surface area contributed by atoms with Gasteiger partial charge in [0.2, 0.25) is 0 Å². The quantitative estimate of drug-likeness (QED) is 0.324. The minimum absolute atomic E-state index is 0.0432. The van der Waals surface area contributed by atoms with Crippen molar-refractivity contribution < 1.29 is 29.1 Å². The van der Waals surface area contributed by atoms with E-state index < -0.39 is 22.4 Å². The minimum atomic E-state index is -0.711. The van der Waals surface area contributed by atoms with Crippen LogP contribution in [0.4, 0.5) is 0 Å². The van der Waals surface area contributed by atoms with Crippen LogP contribution in [0.25, 0.3) is 0 Å². The third-order valence-electron chi connectivity index (χ3n) is 4.58. The Labute approximate surface area is 181 Å². The molecule has 1 rings (SSSR count). The fraction of sp³-hybridized carbons (Fsp3) is 0.667. The van der Waals surface area contributed by atoms with E-state index in [1.807, 2.05) is 79.7 Å². The van der Waals surface area contributed by atoms with Gasteiger partial charge in [0.05, 0.1) is 0 Å². The van der Waals surface area contributed by atoms with E-state index in [0.717, 1.165) is 11.1 Å². The summed E-state index contributed by atoms with van der Waals surface area (Å²) in [6, 6.07) is 7.79. The molecule has 0 amide bonds. The Morgan fingerprint density at radius 3 is 1.10 bits per heavy atom. The monoisotopic (exact) mass is 422 g/mol. The molecule has 1 aromatic rings. The normalized spacial score (nSPS) is 13.4. The molecule has 0 saturated carbocycles. The highest BCUT2D eigenvalue weighted by Crippen LogP contribution is 2.32. The lowest BCUT2D eigenvalue weighted by Gasteiger charge is -2.32. The molecule has 0 N–H and O–H groups in total. The van der Waals surface area contributed by atoms with E-state index in [1.165, 1.54) is 13.8 Å². The Balaban J connectivity index is 2.83. The van der Waals surface area contributed by atoms with Gasteiger partial charge in [-0.2, -0.15) is 0 Å². The summed E-state index contributed by atoms with van der Waals surface area (Å²) in [6.07, 6.45) is 0.543. The first-order chi connectivity index (χ1) is 13.5. The van der Waals surface area contributed by atoms with Crippen molar-refractivity contribution in [2.45, 2.75) is 104 Å². The van der Waals surface area contributed by atoms with Gasteiger partial charge in [0, 0.05) is 12.8 Å². The van der Waals surface area contributed by atoms with Crippen LogP contribution in [0.5, 0.6) is 0 Å². The number of hydrogen-bond donors (Lipinski definition) is 0. The first-order valence-corrected chi connectivity index (χ1v) is 10.3. The molecule has 0 aliphatic rings. The minimum Gasteiger partial charge on any atom is -0.300 e. The van der Waals surface area contributed by atoms with Gasteiger partial charge in [-0.15, -0.1) is 0 Å². The van der Waals surface area contributed by atoms with E-state index in [-0.39, 0.29) is 24.4 Å². The third kappa shape index (κ3) is 8.64. The maximum absolute atomic E-state index is 11.4. The molecule has 0 aliphatic carbocycles. The Morgan fingerprint density at radius 2 is 0.867 bits per heavy atom. The fourth-order valence-corrected chi connectivity index (χ4v) is 3.06. The van der Waals surface area contributed by atoms with Crippen molar-refractivity contribution in [3.05, 3.63) is 35.4 Å². The van der Waals surface area contributed by atoms with Crippen molar-refractivity contribution in [3.63, 3.8) is 0 Å². The van der Waals surface area contributed by atoms with Crippen molar-refractivity contribution in [3.8, 4) is 0 Å². The molecular formula is C24H38O6. The Bertz CT molecular complexity index is 666. The van der Waals surface area contributed by atoms with Gasteiger partial charge >= 0.3 is 0 Å². The van der Waals surface area contributed by atoms with Crippen LogP contribution in [0.1, 0.15) is 93.2 Å². The van der Waals surface area contributed by atoms with Gasteiger partial charge in [-0.25, -0.2) is 19.6 Å². The predicted molar refractivity (Wildman–Crippen MR) is 116 cm³/mol. The van der Waals surface area contributed by atoms with E-state index in [2.05, 4.69) is 0 Å². The highest BCUT2D eigenvalue weighted by atomic mass is 17.2. The molecule has 0 aliphatic heterocycles. The zero-order valence-corrected chi connectivity index (χ0v) is 20.2. The summed E-state index contributed by atoms with van der Waals surface area (Å²) >= 11 is 0. The molecule has 0 aromatic heterocycles. The summed E-state index contributed by atoms with van der Waals surface area (Å²) in [7, 11) is 0. The molecule has 0 unspecified atom stereocenters. The number of carbonyl (C=O) groups excluding carboxylic acids is 2. The Hall–Kier alpha value is -1.60. The number of rotatable bonds is 12. The van der Waals surface area contributed by atoms with Gasteiger partial charge in [0.15, 0.2) is 0 Å². The van der Waals surface area contributed by atoms with Crippen LogP contribution in [-0.2, 0) is 40.3 Å². The van der Waals surface area contributed by atoms with Gasteiger partial charge in [0.25, 0.3) is 0 Å². The molecule has 0 atom stereocenters. The largest absolute Gasteiger partial charge is 0.300 e. The van der Waals surface area contributed by atoms with Crippen molar-refractivity contribution >= 4 is 11.6 Å². The lowest BCUT2D eigenvalue weighted by atomic mass is 9.92. The number of benzene rings is 1. The van der Waals surface area contributed by atoms with E-state index in [0.29, 0.717) is 0 Å². The van der Waals surface area contributed by atoms with Gasteiger partial charge < -0.3 is 0 Å². The molecule has 170 valence electrons. The summed E-state index contributed by atoms with van der Waals surface area (Å²) in [5.74, 6) is 0.0865. The average Bonchev–Trinajstić information content (AvgIpc) is 2.57. The Morgan fingerprint density at radius 1 is 0.600 bits per heavy atom. The molecule has 1 aromatic carbocycles. The van der Waals surface area contributed by atoms with E-state index in [9.17, 15) is 9.59 Å². The molecule has 0 saturated heterocycles.